The summed E-state index contributed by atoms with van der Waals surface area (Å²) in [4.78, 5) is 34.0. The lowest BCUT2D eigenvalue weighted by atomic mass is 10.0. The number of alkyl halides is 6. The van der Waals surface area contributed by atoms with Gasteiger partial charge in [-0.25, -0.2) is 9.59 Å². The molecule has 0 aliphatic rings. The molecule has 0 radical (unpaired) electrons. The summed E-state index contributed by atoms with van der Waals surface area (Å²) in [7, 11) is 0. The molecule has 2 unspecified atom stereocenters. The summed E-state index contributed by atoms with van der Waals surface area (Å²) in [5.74, 6) is -0.0853. The SMILES string of the molecule is CP(=S)([ClH+])OCC(F)(F)F.Cc1cc(Cl)c(-c2c(O)c(C)c(-c3ccccn3)oc2=O)c(Cl)c1.Cc1cc(Cl)c(-c2c(OP(C)(=S)OCC(F)(F)F)c(C)c(-c3ccccn3)oc2=O)c(Cl)c1. The quantitative estimate of drug-likeness (QED) is 0.103. The van der Waals surface area contributed by atoms with Crippen LogP contribution in [0.25, 0.3) is 45.2 Å². The number of hydrogen-bond donors (Lipinski definition) is 1. The second-order valence-electron chi connectivity index (χ2n) is 14.2. The molecular formula is C42H36Cl5F6N2O8P2S2+. The van der Waals surface area contributed by atoms with Gasteiger partial charge in [0.1, 0.15) is 34.0 Å². The Labute approximate surface area is 414 Å². The van der Waals surface area contributed by atoms with Crippen molar-refractivity contribution in [2.45, 2.75) is 40.0 Å². The van der Waals surface area contributed by atoms with Crippen molar-refractivity contribution in [3.63, 3.8) is 0 Å². The zero-order valence-corrected chi connectivity index (χ0v) is 42.7. The third-order valence-corrected chi connectivity index (χ3v) is 12.6. The normalized spacial score (nSPS) is 13.3. The van der Waals surface area contributed by atoms with E-state index in [0.717, 1.165) is 11.1 Å². The smallest absolute Gasteiger partial charge is 0.412 e. The summed E-state index contributed by atoms with van der Waals surface area (Å²) in [6, 6.07) is 16.7. The molecule has 4 heterocycles. The fourth-order valence-corrected chi connectivity index (χ4v) is 9.34. The lowest BCUT2D eigenvalue weighted by Gasteiger charge is -2.23. The zero-order chi connectivity index (χ0) is 50.4. The minimum absolute atomic E-state index is 0.0535. The Morgan fingerprint density at radius 1 is 0.657 bits per heavy atom. The molecule has 0 saturated carbocycles. The van der Waals surface area contributed by atoms with Crippen LogP contribution in [0.4, 0.5) is 26.3 Å². The highest BCUT2D eigenvalue weighted by Crippen LogP contribution is 2.52. The average molecular weight is 1110 g/mol. The van der Waals surface area contributed by atoms with Crippen molar-refractivity contribution in [2.24, 2.45) is 0 Å². The second kappa shape index (κ2) is 22.9. The minimum Gasteiger partial charge on any atom is -0.507 e. The van der Waals surface area contributed by atoms with E-state index < -0.39 is 48.9 Å². The van der Waals surface area contributed by atoms with Gasteiger partial charge in [0.2, 0.25) is 6.49 Å². The summed E-state index contributed by atoms with van der Waals surface area (Å²) < 4.78 is 98.1. The number of nitrogens with zero attached hydrogens (tertiary/aromatic N) is 2. The van der Waals surface area contributed by atoms with E-state index in [-0.39, 0.29) is 70.9 Å². The number of aromatic hydroxyl groups is 1. The lowest BCUT2D eigenvalue weighted by molar-refractivity contribution is -0.201. The Balaban J connectivity index is 0.000000251. The van der Waals surface area contributed by atoms with Gasteiger partial charge in [0.25, 0.3) is 0 Å². The number of pyridine rings is 2. The molecule has 6 aromatic rings. The van der Waals surface area contributed by atoms with Gasteiger partial charge in [0.15, 0.2) is 36.0 Å². The highest BCUT2D eigenvalue weighted by atomic mass is 35.7. The molecule has 0 bridgehead atoms. The molecular weight excluding hydrogens is 1080 g/mol. The maximum atomic E-state index is 13.1. The van der Waals surface area contributed by atoms with Crippen molar-refractivity contribution in [3.8, 4) is 56.7 Å². The van der Waals surface area contributed by atoms with E-state index in [0.29, 0.717) is 17.0 Å². The molecule has 2 aromatic carbocycles. The fraction of sp³-hybridized carbons (Fsp3) is 0.238. The van der Waals surface area contributed by atoms with Gasteiger partial charge in [0, 0.05) is 48.0 Å². The van der Waals surface area contributed by atoms with Crippen LogP contribution in [0, 0.1) is 38.9 Å². The molecule has 0 aliphatic carbocycles. The summed E-state index contributed by atoms with van der Waals surface area (Å²) in [5, 5.41) is 11.4. The first kappa shape index (κ1) is 56.1. The van der Waals surface area contributed by atoms with Gasteiger partial charge in [-0.05, 0) is 111 Å². The topological polar surface area (TPSA) is 134 Å². The summed E-state index contributed by atoms with van der Waals surface area (Å²) >= 11 is 39.4. The van der Waals surface area contributed by atoms with Crippen LogP contribution in [-0.2, 0) is 32.7 Å². The molecule has 67 heavy (non-hydrogen) atoms. The summed E-state index contributed by atoms with van der Waals surface area (Å²) in [6.45, 7) is 2.88. The molecule has 6 rings (SSSR count). The number of aryl methyl sites for hydroxylation is 2. The minimum atomic E-state index is -4.61. The second-order valence-corrected chi connectivity index (χ2v) is 26.4. The van der Waals surface area contributed by atoms with Gasteiger partial charge in [-0.1, -0.05) is 58.5 Å². The number of rotatable bonds is 10. The van der Waals surface area contributed by atoms with Crippen molar-refractivity contribution in [2.75, 3.05) is 26.5 Å². The van der Waals surface area contributed by atoms with Crippen molar-refractivity contribution >= 4 is 82.1 Å². The first-order valence-corrected chi connectivity index (χ1v) is 27.4. The predicted molar refractivity (Wildman–Crippen MR) is 254 cm³/mol. The van der Waals surface area contributed by atoms with E-state index in [4.69, 9.17) is 76.1 Å². The standard InChI is InChI=1S/C21H17Cl2F3NO4PS.C18H13Cl2NO3.C3H6ClF3OPS/c1-11-8-13(22)16(14(23)9-11)17-19(31-32(3,33)29-10-21(24,25)26)12(2)18(30-20(17)28)15-6-4-5-7-27-15;1-9-7-11(19)14(12(20)8-9)15-16(22)10(2)17(24-18(15)23)13-5-3-4-6-21-13;1-9(4,10)8-2-3(5,6)7/h4-9H,10H2,1-3H3;3-8,22H,1-2H3;4H,2H2,1H3/q;;+1. The summed E-state index contributed by atoms with van der Waals surface area (Å²) in [5.41, 5.74) is -1.04. The van der Waals surface area contributed by atoms with E-state index in [2.05, 4.69) is 37.5 Å². The summed E-state index contributed by atoms with van der Waals surface area (Å²) in [6.07, 6.45) is -5.86. The monoisotopic (exact) mass is 1110 g/mol. The highest BCUT2D eigenvalue weighted by Gasteiger charge is 2.34. The predicted octanol–water partition coefficient (Wildman–Crippen LogP) is 14.0. The molecule has 360 valence electrons. The fourth-order valence-electron chi connectivity index (χ4n) is 5.70. The lowest BCUT2D eigenvalue weighted by Crippen LogP contribution is -2.17. The number of aromatic nitrogens is 2. The van der Waals surface area contributed by atoms with Crippen molar-refractivity contribution in [1.29, 1.82) is 0 Å². The molecule has 0 aliphatic heterocycles. The molecule has 1 N–H and O–H groups in total. The molecule has 0 fully saturated rings. The van der Waals surface area contributed by atoms with Crippen LogP contribution in [0.3, 0.4) is 0 Å². The Hall–Kier alpha value is -3.51. The van der Waals surface area contributed by atoms with Crippen LogP contribution in [0.2, 0.25) is 20.1 Å². The van der Waals surface area contributed by atoms with E-state index in [9.17, 15) is 41.0 Å². The number of benzene rings is 2. The molecule has 4 aromatic heterocycles. The first-order valence-electron chi connectivity index (χ1n) is 18.7. The van der Waals surface area contributed by atoms with Crippen molar-refractivity contribution in [1.82, 2.24) is 9.97 Å². The van der Waals surface area contributed by atoms with Crippen LogP contribution in [-0.4, -0.2) is 54.0 Å². The van der Waals surface area contributed by atoms with E-state index in [1.54, 1.807) is 87.6 Å². The van der Waals surface area contributed by atoms with Crippen LogP contribution < -0.4 is 15.8 Å². The Kier molecular flexibility index (Phi) is 19.2. The van der Waals surface area contributed by atoms with Crippen molar-refractivity contribution < 1.29 is 65.1 Å². The Bertz CT molecular complexity index is 2930. The van der Waals surface area contributed by atoms with Crippen molar-refractivity contribution in [3.05, 3.63) is 136 Å². The molecule has 10 nitrogen and oxygen atoms in total. The van der Waals surface area contributed by atoms with Gasteiger partial charge < -0.3 is 23.0 Å². The van der Waals surface area contributed by atoms with E-state index >= 15 is 0 Å². The van der Waals surface area contributed by atoms with Crippen LogP contribution in [0.15, 0.2) is 91.5 Å². The number of hydrogen-bond acceptors (Lipinski definition) is 12. The maximum absolute atomic E-state index is 13.1. The molecule has 0 saturated heterocycles. The van der Waals surface area contributed by atoms with Gasteiger partial charge in [-0.3, -0.25) is 14.5 Å². The van der Waals surface area contributed by atoms with E-state index in [1.807, 2.05) is 6.92 Å². The van der Waals surface area contributed by atoms with E-state index in [1.165, 1.54) is 19.5 Å². The third-order valence-electron chi connectivity index (χ3n) is 8.49. The average Bonchev–Trinajstić information content (AvgIpc) is 3.21. The third kappa shape index (κ3) is 16.0. The molecule has 0 spiro atoms. The van der Waals surface area contributed by atoms with Gasteiger partial charge in [-0.15, -0.1) is 0 Å². The van der Waals surface area contributed by atoms with Crippen LogP contribution in [0.5, 0.6) is 11.5 Å². The van der Waals surface area contributed by atoms with Gasteiger partial charge in [0.05, 0.1) is 20.1 Å². The molecule has 25 heteroatoms. The van der Waals surface area contributed by atoms with Gasteiger partial charge in [-0.2, -0.15) is 26.3 Å². The first-order chi connectivity index (χ1) is 30.9. The maximum Gasteiger partial charge on any atom is 0.412 e. The largest absolute Gasteiger partial charge is 0.507 e. The highest BCUT2D eigenvalue weighted by molar-refractivity contribution is 8.09. The Morgan fingerprint density at radius 2 is 1.04 bits per heavy atom. The zero-order valence-electron chi connectivity index (χ0n) is 35.4. The molecule has 0 amide bonds. The number of halogens is 11. The Morgan fingerprint density at radius 3 is 1.42 bits per heavy atom. The molecule has 2 atom stereocenters. The van der Waals surface area contributed by atoms with Crippen LogP contribution >= 0.6 is 58.5 Å². The van der Waals surface area contributed by atoms with Crippen LogP contribution in [0.1, 0.15) is 22.3 Å². The van der Waals surface area contributed by atoms with Gasteiger partial charge >= 0.3 is 29.2 Å².